The summed E-state index contributed by atoms with van der Waals surface area (Å²) in [6.45, 7) is 3.16. The number of methoxy groups -OCH3 is 2. The number of hydrogen-bond donors (Lipinski definition) is 0. The molecule has 1 aliphatic carbocycles. The Bertz CT molecular complexity index is 672. The SMILES string of the molecule is COc1ccc(-n2cccn2)c(CN2C[C@H]3CC[C@@H](C2)C3OC)c1. The molecule has 3 atom stereocenters. The molecule has 128 valence electrons. The maximum Gasteiger partial charge on any atom is 0.119 e. The smallest absolute Gasteiger partial charge is 0.119 e. The lowest BCUT2D eigenvalue weighted by Crippen LogP contribution is -2.45. The van der Waals surface area contributed by atoms with Crippen LogP contribution in [0, 0.1) is 11.8 Å². The zero-order chi connectivity index (χ0) is 16.5. The van der Waals surface area contributed by atoms with Crippen molar-refractivity contribution >= 4 is 0 Å². The summed E-state index contributed by atoms with van der Waals surface area (Å²) < 4.78 is 13.1. The highest BCUT2D eigenvalue weighted by Gasteiger charge is 2.42. The summed E-state index contributed by atoms with van der Waals surface area (Å²) >= 11 is 0. The second-order valence-corrected chi connectivity index (χ2v) is 6.94. The molecule has 24 heavy (non-hydrogen) atoms. The second kappa shape index (κ2) is 6.57. The third kappa shape index (κ3) is 2.82. The van der Waals surface area contributed by atoms with Gasteiger partial charge in [-0.2, -0.15) is 5.10 Å². The Kier molecular flexibility index (Phi) is 4.29. The topological polar surface area (TPSA) is 39.5 Å². The second-order valence-electron chi connectivity index (χ2n) is 6.94. The highest BCUT2D eigenvalue weighted by Crippen LogP contribution is 2.39. The van der Waals surface area contributed by atoms with Gasteiger partial charge < -0.3 is 9.47 Å². The first-order chi connectivity index (χ1) is 11.8. The Labute approximate surface area is 143 Å². The van der Waals surface area contributed by atoms with Crippen molar-refractivity contribution in [1.29, 1.82) is 0 Å². The molecule has 4 rings (SSSR count). The van der Waals surface area contributed by atoms with Gasteiger partial charge in [-0.05, 0) is 54.5 Å². The van der Waals surface area contributed by atoms with Gasteiger partial charge in [0, 0.05) is 39.1 Å². The third-order valence-electron chi connectivity index (χ3n) is 5.53. The van der Waals surface area contributed by atoms with Gasteiger partial charge in [-0.3, -0.25) is 4.90 Å². The number of aromatic nitrogens is 2. The molecule has 0 amide bonds. The van der Waals surface area contributed by atoms with E-state index in [1.807, 2.05) is 36.3 Å². The maximum absolute atomic E-state index is 5.74. The number of hydrogen-bond acceptors (Lipinski definition) is 4. The molecule has 2 bridgehead atoms. The summed E-state index contributed by atoms with van der Waals surface area (Å²) in [6.07, 6.45) is 6.86. The van der Waals surface area contributed by atoms with Crippen LogP contribution in [-0.4, -0.2) is 48.1 Å². The number of benzene rings is 1. The molecule has 0 radical (unpaired) electrons. The third-order valence-corrected chi connectivity index (χ3v) is 5.53. The van der Waals surface area contributed by atoms with Crippen molar-refractivity contribution in [3.8, 4) is 11.4 Å². The molecule has 5 heteroatoms. The first-order valence-corrected chi connectivity index (χ1v) is 8.70. The fourth-order valence-electron chi connectivity index (χ4n) is 4.47. The predicted molar refractivity (Wildman–Crippen MR) is 92.4 cm³/mol. The van der Waals surface area contributed by atoms with Gasteiger partial charge >= 0.3 is 0 Å². The Morgan fingerprint density at radius 2 is 1.96 bits per heavy atom. The number of likely N-dealkylation sites (tertiary alicyclic amines) is 1. The van der Waals surface area contributed by atoms with Crippen LogP contribution in [0.25, 0.3) is 5.69 Å². The van der Waals surface area contributed by atoms with Crippen molar-refractivity contribution < 1.29 is 9.47 Å². The molecule has 0 N–H and O–H groups in total. The van der Waals surface area contributed by atoms with Gasteiger partial charge in [0.05, 0.1) is 18.9 Å². The summed E-state index contributed by atoms with van der Waals surface area (Å²) in [5, 5.41) is 4.40. The molecular formula is C19H25N3O2. The normalized spacial score (nSPS) is 26.7. The van der Waals surface area contributed by atoms with E-state index in [1.54, 1.807) is 7.11 Å². The van der Waals surface area contributed by atoms with Crippen LogP contribution in [0.5, 0.6) is 5.75 Å². The Balaban J connectivity index is 1.58. The van der Waals surface area contributed by atoms with Crippen LogP contribution in [0.4, 0.5) is 0 Å². The number of fused-ring (bicyclic) bond motifs is 2. The minimum atomic E-state index is 0.456. The van der Waals surface area contributed by atoms with Gasteiger partial charge in [-0.1, -0.05) is 0 Å². The van der Waals surface area contributed by atoms with E-state index in [-0.39, 0.29) is 0 Å². The quantitative estimate of drug-likeness (QED) is 0.846. The van der Waals surface area contributed by atoms with Gasteiger partial charge in [-0.25, -0.2) is 4.68 Å². The number of rotatable bonds is 5. The van der Waals surface area contributed by atoms with Crippen LogP contribution in [-0.2, 0) is 11.3 Å². The maximum atomic E-state index is 5.74. The lowest BCUT2D eigenvalue weighted by Gasteiger charge is -2.37. The van der Waals surface area contributed by atoms with Crippen LogP contribution in [0.15, 0.2) is 36.7 Å². The minimum Gasteiger partial charge on any atom is -0.497 e. The molecule has 1 aromatic heterocycles. The fraction of sp³-hybridized carbons (Fsp3) is 0.526. The van der Waals surface area contributed by atoms with Crippen molar-refractivity contribution in [2.75, 3.05) is 27.3 Å². The molecule has 5 nitrogen and oxygen atoms in total. The molecule has 1 unspecified atom stereocenters. The molecule has 1 saturated carbocycles. The molecule has 1 aromatic carbocycles. The van der Waals surface area contributed by atoms with Gasteiger partial charge in [0.15, 0.2) is 0 Å². The van der Waals surface area contributed by atoms with Crippen molar-refractivity contribution in [1.82, 2.24) is 14.7 Å². The first-order valence-electron chi connectivity index (χ1n) is 8.70. The van der Waals surface area contributed by atoms with Gasteiger partial charge in [0.25, 0.3) is 0 Å². The van der Waals surface area contributed by atoms with E-state index in [9.17, 15) is 0 Å². The monoisotopic (exact) mass is 327 g/mol. The average molecular weight is 327 g/mol. The van der Waals surface area contributed by atoms with Gasteiger partial charge in [0.1, 0.15) is 5.75 Å². The highest BCUT2D eigenvalue weighted by atomic mass is 16.5. The first kappa shape index (κ1) is 15.7. The summed E-state index contributed by atoms with van der Waals surface area (Å²) in [6, 6.07) is 8.19. The van der Waals surface area contributed by atoms with E-state index in [2.05, 4.69) is 22.1 Å². The minimum absolute atomic E-state index is 0.456. The lowest BCUT2D eigenvalue weighted by molar-refractivity contribution is -0.0180. The average Bonchev–Trinajstić information content (AvgIpc) is 3.21. The van der Waals surface area contributed by atoms with E-state index in [4.69, 9.17) is 9.47 Å². The summed E-state index contributed by atoms with van der Waals surface area (Å²) in [5.74, 6) is 2.25. The van der Waals surface area contributed by atoms with E-state index >= 15 is 0 Å². The van der Waals surface area contributed by atoms with Crippen LogP contribution < -0.4 is 4.74 Å². The summed E-state index contributed by atoms with van der Waals surface area (Å²) in [5.41, 5.74) is 2.38. The van der Waals surface area contributed by atoms with Crippen molar-refractivity contribution in [2.45, 2.75) is 25.5 Å². The van der Waals surface area contributed by atoms with Crippen LogP contribution in [0.1, 0.15) is 18.4 Å². The fourth-order valence-corrected chi connectivity index (χ4v) is 4.47. The summed E-state index contributed by atoms with van der Waals surface area (Å²) in [4.78, 5) is 2.57. The number of ether oxygens (including phenoxy) is 2. The van der Waals surface area contributed by atoms with E-state index in [0.29, 0.717) is 17.9 Å². The van der Waals surface area contributed by atoms with Crippen molar-refractivity contribution in [3.63, 3.8) is 0 Å². The Morgan fingerprint density at radius 3 is 2.58 bits per heavy atom. The largest absolute Gasteiger partial charge is 0.497 e. The van der Waals surface area contributed by atoms with E-state index in [1.165, 1.54) is 18.4 Å². The Hall–Kier alpha value is -1.85. The van der Waals surface area contributed by atoms with Crippen LogP contribution in [0.3, 0.4) is 0 Å². The molecule has 2 fully saturated rings. The van der Waals surface area contributed by atoms with E-state index < -0.39 is 0 Å². The van der Waals surface area contributed by atoms with Gasteiger partial charge in [-0.15, -0.1) is 0 Å². The standard InChI is InChI=1S/C19H25N3O2/c1-23-17-6-7-18(22-9-3-8-20-22)16(10-17)13-21-11-14-4-5-15(12-21)19(14)24-2/h3,6-10,14-15,19H,4-5,11-13H2,1-2H3/t14-,15+,19?. The number of nitrogens with zero attached hydrogens (tertiary/aromatic N) is 3. The molecule has 1 saturated heterocycles. The predicted octanol–water partition coefficient (Wildman–Crippen LogP) is 2.74. The summed E-state index contributed by atoms with van der Waals surface area (Å²) in [7, 11) is 3.58. The highest BCUT2D eigenvalue weighted by molar-refractivity contribution is 5.45. The zero-order valence-corrected chi connectivity index (χ0v) is 14.4. The van der Waals surface area contributed by atoms with Crippen molar-refractivity contribution in [3.05, 3.63) is 42.2 Å². The molecule has 2 heterocycles. The molecule has 0 spiro atoms. The Morgan fingerprint density at radius 1 is 1.17 bits per heavy atom. The van der Waals surface area contributed by atoms with Gasteiger partial charge in [0.2, 0.25) is 0 Å². The van der Waals surface area contributed by atoms with Crippen LogP contribution in [0.2, 0.25) is 0 Å². The molecule has 2 aromatic rings. The molecule has 1 aliphatic heterocycles. The van der Waals surface area contributed by atoms with Crippen molar-refractivity contribution in [2.24, 2.45) is 11.8 Å². The number of piperidine rings is 1. The molecule has 2 aliphatic rings. The van der Waals surface area contributed by atoms with E-state index in [0.717, 1.165) is 31.1 Å². The molecular weight excluding hydrogens is 302 g/mol. The van der Waals surface area contributed by atoms with Crippen LogP contribution >= 0.6 is 0 Å². The lowest BCUT2D eigenvalue weighted by atomic mass is 9.94. The zero-order valence-electron chi connectivity index (χ0n) is 14.4.